The van der Waals surface area contributed by atoms with Gasteiger partial charge in [0.2, 0.25) is 0 Å². The van der Waals surface area contributed by atoms with E-state index in [9.17, 15) is 9.59 Å². The van der Waals surface area contributed by atoms with Gasteiger partial charge in [0.15, 0.2) is 0 Å². The molecule has 0 rings (SSSR count). The van der Waals surface area contributed by atoms with Crippen molar-refractivity contribution in [3.63, 3.8) is 0 Å². The van der Waals surface area contributed by atoms with Gasteiger partial charge in [-0.2, -0.15) is 0 Å². The summed E-state index contributed by atoms with van der Waals surface area (Å²) in [4.78, 5) is 21.8. The Hall–Kier alpha value is -1.52. The lowest BCUT2D eigenvalue weighted by Crippen LogP contribution is -2.34. The Morgan fingerprint density at radius 2 is 1.93 bits per heavy atom. The molecular formula is C10H17NO4. The Balaban J connectivity index is 4.15. The third-order valence-corrected chi connectivity index (χ3v) is 1.52. The van der Waals surface area contributed by atoms with Crippen LogP contribution >= 0.6 is 0 Å². The van der Waals surface area contributed by atoms with Gasteiger partial charge in [-0.15, -0.1) is 0 Å². The number of hydrogen-bond donors (Lipinski definition) is 1. The monoisotopic (exact) mass is 215 g/mol. The van der Waals surface area contributed by atoms with Crippen LogP contribution in [-0.4, -0.2) is 24.1 Å². The van der Waals surface area contributed by atoms with Gasteiger partial charge in [0, 0.05) is 6.92 Å². The number of rotatable bonds is 4. The topological polar surface area (TPSA) is 78.6 Å². The molecule has 86 valence electrons. The normalized spacial score (nSPS) is 12.1. The second-order valence-electron chi connectivity index (χ2n) is 3.67. The van der Waals surface area contributed by atoms with Crippen LogP contribution in [0.3, 0.4) is 0 Å². The van der Waals surface area contributed by atoms with Crippen molar-refractivity contribution in [3.8, 4) is 0 Å². The van der Waals surface area contributed by atoms with Gasteiger partial charge in [-0.05, 0) is 20.8 Å². The van der Waals surface area contributed by atoms with E-state index in [4.69, 9.17) is 15.2 Å². The number of allylic oxidation sites excluding steroid dienone is 1. The maximum Gasteiger partial charge on any atom is 0.353 e. The van der Waals surface area contributed by atoms with Gasteiger partial charge in [0.25, 0.3) is 0 Å². The van der Waals surface area contributed by atoms with Crippen molar-refractivity contribution < 1.29 is 19.1 Å². The third kappa shape index (κ3) is 5.72. The Labute approximate surface area is 89.2 Å². The molecule has 0 radical (unpaired) electrons. The first-order valence-corrected chi connectivity index (χ1v) is 4.57. The summed E-state index contributed by atoms with van der Waals surface area (Å²) < 4.78 is 9.78. The van der Waals surface area contributed by atoms with Crippen LogP contribution in [0.4, 0.5) is 0 Å². The number of hydrogen-bond acceptors (Lipinski definition) is 5. The highest BCUT2D eigenvalue weighted by Gasteiger charge is 2.23. The minimum Gasteiger partial charge on any atom is -0.457 e. The predicted molar refractivity (Wildman–Crippen MR) is 54.7 cm³/mol. The second kappa shape index (κ2) is 5.38. The van der Waals surface area contributed by atoms with Crippen LogP contribution in [0.2, 0.25) is 0 Å². The highest BCUT2D eigenvalue weighted by Crippen LogP contribution is 2.10. The van der Waals surface area contributed by atoms with E-state index < -0.39 is 17.5 Å². The number of carbonyl (C=O) groups is 2. The predicted octanol–water partition coefficient (Wildman–Crippen LogP) is 0.734. The first-order valence-electron chi connectivity index (χ1n) is 4.57. The van der Waals surface area contributed by atoms with Gasteiger partial charge in [0.05, 0.1) is 0 Å². The van der Waals surface area contributed by atoms with Gasteiger partial charge < -0.3 is 15.2 Å². The fraction of sp³-hybridized carbons (Fsp3) is 0.600. The minimum atomic E-state index is -0.838. The van der Waals surface area contributed by atoms with E-state index in [0.29, 0.717) is 0 Å². The lowest BCUT2D eigenvalue weighted by Gasteiger charge is -2.23. The molecule has 0 atom stereocenters. The molecule has 0 aliphatic carbocycles. The average Bonchev–Trinajstić information content (AvgIpc) is 2.11. The molecule has 5 nitrogen and oxygen atoms in total. The number of ether oxygens (including phenoxy) is 2. The third-order valence-electron chi connectivity index (χ3n) is 1.52. The number of nitrogens with two attached hydrogens (primary N) is 1. The van der Waals surface area contributed by atoms with Gasteiger partial charge in [-0.3, -0.25) is 4.79 Å². The highest BCUT2D eigenvalue weighted by atomic mass is 16.6. The molecule has 0 saturated carbocycles. The molecule has 0 aromatic carbocycles. The fourth-order valence-corrected chi connectivity index (χ4v) is 0.859. The van der Waals surface area contributed by atoms with E-state index in [1.54, 1.807) is 20.8 Å². The summed E-state index contributed by atoms with van der Waals surface area (Å²) in [5.74, 6) is -1.03. The summed E-state index contributed by atoms with van der Waals surface area (Å²) >= 11 is 0. The average molecular weight is 215 g/mol. The number of carbonyl (C=O) groups excluding carboxylic acids is 2. The zero-order valence-electron chi connectivity index (χ0n) is 9.49. The van der Waals surface area contributed by atoms with Crippen LogP contribution in [0.15, 0.2) is 11.8 Å². The molecule has 0 aliphatic heterocycles. The molecular weight excluding hydrogens is 198 g/mol. The van der Waals surface area contributed by atoms with Crippen molar-refractivity contribution in [2.24, 2.45) is 5.73 Å². The summed E-state index contributed by atoms with van der Waals surface area (Å²) in [7, 11) is 0. The van der Waals surface area contributed by atoms with Crippen molar-refractivity contribution in [1.29, 1.82) is 0 Å². The molecule has 5 heteroatoms. The molecule has 15 heavy (non-hydrogen) atoms. The summed E-state index contributed by atoms with van der Waals surface area (Å²) in [5, 5.41) is 0. The first kappa shape index (κ1) is 13.5. The van der Waals surface area contributed by atoms with Crippen LogP contribution in [0.25, 0.3) is 0 Å². The van der Waals surface area contributed by atoms with Crippen molar-refractivity contribution in [2.45, 2.75) is 33.3 Å². The van der Waals surface area contributed by atoms with Crippen LogP contribution in [-0.2, 0) is 19.1 Å². The van der Waals surface area contributed by atoms with Gasteiger partial charge in [0.1, 0.15) is 17.9 Å². The summed E-state index contributed by atoms with van der Waals surface area (Å²) in [6, 6.07) is 0. The smallest absolute Gasteiger partial charge is 0.353 e. The fourth-order valence-electron chi connectivity index (χ4n) is 0.859. The van der Waals surface area contributed by atoms with Gasteiger partial charge >= 0.3 is 11.9 Å². The van der Waals surface area contributed by atoms with Gasteiger partial charge in [-0.1, -0.05) is 6.08 Å². The second-order valence-corrected chi connectivity index (χ2v) is 3.67. The molecule has 0 aromatic rings. The van der Waals surface area contributed by atoms with Crippen LogP contribution in [0, 0.1) is 0 Å². The van der Waals surface area contributed by atoms with E-state index >= 15 is 0 Å². The van der Waals surface area contributed by atoms with E-state index in [2.05, 4.69) is 0 Å². The SMILES string of the molecule is C/C=C(\N)C(=O)OCC(C)(C)OC(C)=O. The van der Waals surface area contributed by atoms with Crippen molar-refractivity contribution in [3.05, 3.63) is 11.8 Å². The van der Waals surface area contributed by atoms with E-state index in [0.717, 1.165) is 0 Å². The largest absolute Gasteiger partial charge is 0.457 e. The molecule has 0 heterocycles. The van der Waals surface area contributed by atoms with E-state index in [-0.39, 0.29) is 12.3 Å². The highest BCUT2D eigenvalue weighted by molar-refractivity contribution is 5.87. The zero-order valence-corrected chi connectivity index (χ0v) is 9.49. The molecule has 0 bridgehead atoms. The Morgan fingerprint density at radius 1 is 1.40 bits per heavy atom. The van der Waals surface area contributed by atoms with Crippen molar-refractivity contribution >= 4 is 11.9 Å². The lowest BCUT2D eigenvalue weighted by atomic mass is 10.1. The van der Waals surface area contributed by atoms with Gasteiger partial charge in [-0.25, -0.2) is 4.79 Å². The molecule has 0 amide bonds. The van der Waals surface area contributed by atoms with Crippen LogP contribution in [0.1, 0.15) is 27.7 Å². The maximum atomic E-state index is 11.2. The molecule has 0 fully saturated rings. The Kier molecular flexibility index (Phi) is 4.84. The number of esters is 2. The lowest BCUT2D eigenvalue weighted by molar-refractivity contribution is -0.164. The summed E-state index contributed by atoms with van der Waals surface area (Å²) in [6.07, 6.45) is 1.45. The Bertz CT molecular complexity index is 281. The molecule has 0 aliphatic rings. The zero-order chi connectivity index (χ0) is 12.1. The molecule has 2 N–H and O–H groups in total. The maximum absolute atomic E-state index is 11.2. The van der Waals surface area contributed by atoms with Crippen molar-refractivity contribution in [1.82, 2.24) is 0 Å². The van der Waals surface area contributed by atoms with Crippen LogP contribution in [0.5, 0.6) is 0 Å². The van der Waals surface area contributed by atoms with Crippen molar-refractivity contribution in [2.75, 3.05) is 6.61 Å². The Morgan fingerprint density at radius 3 is 2.33 bits per heavy atom. The summed E-state index contributed by atoms with van der Waals surface area (Å²) in [6.45, 7) is 6.19. The molecule has 0 aromatic heterocycles. The summed E-state index contributed by atoms with van der Waals surface area (Å²) in [5.41, 5.74) is 4.52. The van der Waals surface area contributed by atoms with E-state index in [1.165, 1.54) is 13.0 Å². The standard InChI is InChI=1S/C10H17NO4/c1-5-8(11)9(13)14-6-10(3,4)15-7(2)12/h5H,6,11H2,1-4H3/b8-5-. The molecule has 0 unspecified atom stereocenters. The molecule has 0 spiro atoms. The van der Waals surface area contributed by atoms with E-state index in [1.807, 2.05) is 0 Å². The quantitative estimate of drug-likeness (QED) is 0.552. The van der Waals surface area contributed by atoms with Crippen LogP contribution < -0.4 is 5.73 Å². The minimum absolute atomic E-state index is 0.0278. The molecule has 0 saturated heterocycles. The first-order chi connectivity index (χ1) is 6.78.